The van der Waals surface area contributed by atoms with Gasteiger partial charge in [0.05, 0.1) is 10.5 Å². The molecule has 9 heteroatoms. The van der Waals surface area contributed by atoms with Crippen LogP contribution >= 0.6 is 0 Å². The molecule has 8 nitrogen and oxygen atoms in total. The molecular weight excluding hydrogens is 279 g/mol. The number of nitrogens with zero attached hydrogens (tertiary/aromatic N) is 4. The molecule has 0 saturated heterocycles. The summed E-state index contributed by atoms with van der Waals surface area (Å²) in [7, 11) is 1.57. The molecule has 1 aromatic heterocycles. The summed E-state index contributed by atoms with van der Waals surface area (Å²) in [6.45, 7) is 0. The van der Waals surface area contributed by atoms with Gasteiger partial charge in [-0.15, -0.1) is 0 Å². The fourth-order valence-corrected chi connectivity index (χ4v) is 1.55. The minimum absolute atomic E-state index is 0.0603. The normalized spacial score (nSPS) is 9.76. The largest absolute Gasteiger partial charge is 0.357 e. The molecule has 106 valence electrons. The molecule has 2 aromatic rings. The van der Waals surface area contributed by atoms with Crippen LogP contribution in [0.5, 0.6) is 0 Å². The first kappa shape index (κ1) is 14.1. The summed E-state index contributed by atoms with van der Waals surface area (Å²) in [4.78, 5) is 18.0. The Morgan fingerprint density at radius 1 is 1.48 bits per heavy atom. The van der Waals surface area contributed by atoms with E-state index < -0.39 is 10.7 Å². The summed E-state index contributed by atoms with van der Waals surface area (Å²) >= 11 is 0. The number of nitrogens with one attached hydrogen (secondary N) is 2. The van der Waals surface area contributed by atoms with Gasteiger partial charge in [0.2, 0.25) is 11.8 Å². The number of aromatic nitrogens is 2. The molecule has 1 heterocycles. The van der Waals surface area contributed by atoms with E-state index in [0.717, 1.165) is 12.3 Å². The average Bonchev–Trinajstić information content (AvgIpc) is 2.48. The molecule has 0 spiro atoms. The first-order chi connectivity index (χ1) is 10.0. The molecule has 0 bridgehead atoms. The zero-order valence-electron chi connectivity index (χ0n) is 10.8. The molecule has 0 amide bonds. The first-order valence-electron chi connectivity index (χ1n) is 5.71. The Morgan fingerprint density at radius 3 is 2.86 bits per heavy atom. The van der Waals surface area contributed by atoms with E-state index in [4.69, 9.17) is 5.26 Å². The Morgan fingerprint density at radius 2 is 2.24 bits per heavy atom. The molecule has 0 aliphatic carbocycles. The maximum atomic E-state index is 13.2. The SMILES string of the molecule is CNc1ncc([N+](=O)[O-])c(Nc2ccc(F)c(C#N)c2)n1. The number of anilines is 3. The van der Waals surface area contributed by atoms with Crippen molar-refractivity contribution in [3.63, 3.8) is 0 Å². The van der Waals surface area contributed by atoms with Gasteiger partial charge >= 0.3 is 5.69 Å². The summed E-state index contributed by atoms with van der Waals surface area (Å²) in [5, 5.41) is 25.0. The van der Waals surface area contributed by atoms with Crippen LogP contribution in [0.15, 0.2) is 24.4 Å². The average molecular weight is 288 g/mol. The third-order valence-electron chi connectivity index (χ3n) is 2.54. The summed E-state index contributed by atoms with van der Waals surface area (Å²) in [5.74, 6) is -0.545. The number of halogens is 1. The van der Waals surface area contributed by atoms with Crippen LogP contribution in [0.3, 0.4) is 0 Å². The summed E-state index contributed by atoms with van der Waals surface area (Å²) in [6.07, 6.45) is 1.05. The van der Waals surface area contributed by atoms with Crippen molar-refractivity contribution in [2.75, 3.05) is 17.7 Å². The Hall–Kier alpha value is -3.28. The van der Waals surface area contributed by atoms with Gasteiger partial charge in [-0.05, 0) is 18.2 Å². The minimum Gasteiger partial charge on any atom is -0.357 e. The lowest BCUT2D eigenvalue weighted by Gasteiger charge is -2.08. The van der Waals surface area contributed by atoms with Gasteiger partial charge in [0, 0.05) is 12.7 Å². The van der Waals surface area contributed by atoms with Crippen LogP contribution in [0.25, 0.3) is 0 Å². The van der Waals surface area contributed by atoms with E-state index in [0.29, 0.717) is 5.69 Å². The van der Waals surface area contributed by atoms with Crippen LogP contribution in [-0.2, 0) is 0 Å². The molecule has 21 heavy (non-hydrogen) atoms. The van der Waals surface area contributed by atoms with Gasteiger partial charge in [0.25, 0.3) is 0 Å². The summed E-state index contributed by atoms with van der Waals surface area (Å²) in [6, 6.07) is 5.36. The number of hydrogen-bond acceptors (Lipinski definition) is 7. The molecule has 0 saturated carbocycles. The van der Waals surface area contributed by atoms with E-state index in [1.807, 2.05) is 0 Å². The van der Waals surface area contributed by atoms with Gasteiger partial charge in [-0.3, -0.25) is 10.1 Å². The van der Waals surface area contributed by atoms with Crippen LogP contribution in [0.4, 0.5) is 27.5 Å². The highest BCUT2D eigenvalue weighted by atomic mass is 19.1. The Labute approximate surface area is 118 Å². The quantitative estimate of drug-likeness (QED) is 0.654. The second-order valence-corrected chi connectivity index (χ2v) is 3.87. The van der Waals surface area contributed by atoms with Crippen molar-refractivity contribution in [1.29, 1.82) is 5.26 Å². The van der Waals surface area contributed by atoms with E-state index in [-0.39, 0.29) is 23.0 Å². The van der Waals surface area contributed by atoms with Crippen LogP contribution in [0.2, 0.25) is 0 Å². The Kier molecular flexibility index (Phi) is 3.90. The van der Waals surface area contributed by atoms with Crippen molar-refractivity contribution >= 4 is 23.1 Å². The van der Waals surface area contributed by atoms with Gasteiger partial charge in [0.1, 0.15) is 18.1 Å². The lowest BCUT2D eigenvalue weighted by Crippen LogP contribution is -2.04. The first-order valence-corrected chi connectivity index (χ1v) is 5.71. The molecule has 0 atom stereocenters. The van der Waals surface area contributed by atoms with E-state index in [9.17, 15) is 14.5 Å². The highest BCUT2D eigenvalue weighted by molar-refractivity contribution is 5.67. The van der Waals surface area contributed by atoms with Crippen molar-refractivity contribution in [1.82, 2.24) is 9.97 Å². The lowest BCUT2D eigenvalue weighted by molar-refractivity contribution is -0.384. The molecule has 2 rings (SSSR count). The maximum absolute atomic E-state index is 13.2. The van der Waals surface area contributed by atoms with E-state index in [1.165, 1.54) is 12.1 Å². The van der Waals surface area contributed by atoms with Crippen LogP contribution < -0.4 is 10.6 Å². The lowest BCUT2D eigenvalue weighted by atomic mass is 10.2. The van der Waals surface area contributed by atoms with Crippen LogP contribution in [-0.4, -0.2) is 21.9 Å². The van der Waals surface area contributed by atoms with Gasteiger partial charge < -0.3 is 10.6 Å². The molecule has 1 aromatic carbocycles. The fraction of sp³-hybridized carbons (Fsp3) is 0.0833. The van der Waals surface area contributed by atoms with Gasteiger partial charge in [-0.2, -0.15) is 10.2 Å². The number of rotatable bonds is 4. The predicted octanol–water partition coefficient (Wildman–Crippen LogP) is 2.18. The maximum Gasteiger partial charge on any atom is 0.329 e. The number of benzene rings is 1. The Balaban J connectivity index is 2.43. The topological polar surface area (TPSA) is 117 Å². The molecule has 0 unspecified atom stereocenters. The van der Waals surface area contributed by atoms with Crippen molar-refractivity contribution in [2.45, 2.75) is 0 Å². The molecule has 0 radical (unpaired) electrons. The third kappa shape index (κ3) is 3.01. The van der Waals surface area contributed by atoms with Crippen LogP contribution in [0, 0.1) is 27.3 Å². The zero-order valence-corrected chi connectivity index (χ0v) is 10.8. The molecule has 0 fully saturated rings. The zero-order chi connectivity index (χ0) is 15.4. The van der Waals surface area contributed by atoms with E-state index in [2.05, 4.69) is 20.6 Å². The second kappa shape index (κ2) is 5.79. The number of nitriles is 1. The summed E-state index contributed by atoms with van der Waals surface area (Å²) in [5.41, 5.74) is -0.209. The minimum atomic E-state index is -0.670. The van der Waals surface area contributed by atoms with Crippen molar-refractivity contribution in [3.05, 3.63) is 45.9 Å². The summed E-state index contributed by atoms with van der Waals surface area (Å²) < 4.78 is 13.2. The standard InChI is InChI=1S/C12H9FN6O2/c1-15-12-16-6-10(19(20)21)11(18-12)17-8-2-3-9(13)7(4-8)5-14/h2-4,6H,1H3,(H2,15,16,17,18). The number of nitro groups is 1. The second-order valence-electron chi connectivity index (χ2n) is 3.87. The smallest absolute Gasteiger partial charge is 0.329 e. The highest BCUT2D eigenvalue weighted by Crippen LogP contribution is 2.26. The monoisotopic (exact) mass is 288 g/mol. The highest BCUT2D eigenvalue weighted by Gasteiger charge is 2.17. The van der Waals surface area contributed by atoms with Crippen molar-refractivity contribution in [2.24, 2.45) is 0 Å². The molecule has 2 N–H and O–H groups in total. The van der Waals surface area contributed by atoms with Gasteiger partial charge in [-0.1, -0.05) is 0 Å². The van der Waals surface area contributed by atoms with E-state index >= 15 is 0 Å². The van der Waals surface area contributed by atoms with Gasteiger partial charge in [0.15, 0.2) is 0 Å². The van der Waals surface area contributed by atoms with Gasteiger partial charge in [-0.25, -0.2) is 9.37 Å². The fourth-order valence-electron chi connectivity index (χ4n) is 1.55. The molecule has 0 aliphatic rings. The molecular formula is C12H9FN6O2. The van der Waals surface area contributed by atoms with E-state index in [1.54, 1.807) is 13.1 Å². The third-order valence-corrected chi connectivity index (χ3v) is 2.54. The number of hydrogen-bond donors (Lipinski definition) is 2. The Bertz CT molecular complexity index is 743. The van der Waals surface area contributed by atoms with Crippen molar-refractivity contribution < 1.29 is 9.31 Å². The van der Waals surface area contributed by atoms with Crippen LogP contribution in [0.1, 0.15) is 5.56 Å². The molecule has 0 aliphatic heterocycles. The predicted molar refractivity (Wildman–Crippen MR) is 72.6 cm³/mol. The van der Waals surface area contributed by atoms with Crippen molar-refractivity contribution in [3.8, 4) is 6.07 Å².